The summed E-state index contributed by atoms with van der Waals surface area (Å²) in [5.74, 6) is 3.08. The van der Waals surface area contributed by atoms with Gasteiger partial charge in [0.15, 0.2) is 16.7 Å². The van der Waals surface area contributed by atoms with Gasteiger partial charge in [-0.15, -0.1) is 10.2 Å². The van der Waals surface area contributed by atoms with Crippen molar-refractivity contribution in [3.63, 3.8) is 0 Å². The summed E-state index contributed by atoms with van der Waals surface area (Å²) in [7, 11) is 0. The van der Waals surface area contributed by atoms with Crippen LogP contribution in [0.2, 0.25) is 0 Å². The van der Waals surface area contributed by atoms with E-state index in [2.05, 4.69) is 24.9 Å². The molecule has 1 aliphatic carbocycles. The molecule has 9 heteroatoms. The van der Waals surface area contributed by atoms with E-state index in [1.807, 2.05) is 18.2 Å². The fourth-order valence-electron chi connectivity index (χ4n) is 2.53. The first-order valence-corrected chi connectivity index (χ1v) is 8.60. The fourth-order valence-corrected chi connectivity index (χ4v) is 3.35. The summed E-state index contributed by atoms with van der Waals surface area (Å²) >= 11 is 1.55. The molecule has 5 rings (SSSR count). The second-order valence-electron chi connectivity index (χ2n) is 5.62. The first-order valence-electron chi connectivity index (χ1n) is 7.62. The molecule has 0 radical (unpaired) electrons. The zero-order valence-corrected chi connectivity index (χ0v) is 13.4. The van der Waals surface area contributed by atoms with E-state index in [1.54, 1.807) is 18.1 Å². The second kappa shape index (κ2) is 5.52. The lowest BCUT2D eigenvalue weighted by Gasteiger charge is -2.01. The molecule has 1 saturated carbocycles. The van der Waals surface area contributed by atoms with Gasteiger partial charge in [0.2, 0.25) is 18.5 Å². The van der Waals surface area contributed by atoms with Gasteiger partial charge in [-0.1, -0.05) is 16.9 Å². The molecular formula is C15H13N5O3S. The summed E-state index contributed by atoms with van der Waals surface area (Å²) < 4.78 is 18.1. The molecule has 1 aliphatic heterocycles. The molecular weight excluding hydrogens is 330 g/mol. The maximum Gasteiger partial charge on any atom is 0.237 e. The second-order valence-corrected chi connectivity index (χ2v) is 6.56. The van der Waals surface area contributed by atoms with E-state index in [9.17, 15) is 0 Å². The molecule has 0 amide bonds. The van der Waals surface area contributed by atoms with Gasteiger partial charge >= 0.3 is 0 Å². The van der Waals surface area contributed by atoms with Gasteiger partial charge in [-0.05, 0) is 31.0 Å². The van der Waals surface area contributed by atoms with E-state index in [1.165, 1.54) is 12.8 Å². The SMILES string of the molecule is c1cc2c(cc1-c1noc(CSc3nncn3C3CC3)n1)OCO2. The Kier molecular flexibility index (Phi) is 3.18. The zero-order valence-electron chi connectivity index (χ0n) is 12.6. The minimum absolute atomic E-state index is 0.245. The van der Waals surface area contributed by atoms with Crippen LogP contribution in [0.4, 0.5) is 0 Å². The van der Waals surface area contributed by atoms with Crippen molar-refractivity contribution in [2.45, 2.75) is 29.8 Å². The third-order valence-corrected chi connectivity index (χ3v) is 4.85. The Morgan fingerprint density at radius 1 is 1.21 bits per heavy atom. The van der Waals surface area contributed by atoms with Crippen molar-refractivity contribution in [2.75, 3.05) is 6.79 Å². The summed E-state index contributed by atoms with van der Waals surface area (Å²) in [6, 6.07) is 6.14. The van der Waals surface area contributed by atoms with E-state index in [-0.39, 0.29) is 6.79 Å². The molecule has 2 aromatic heterocycles. The number of hydrogen-bond donors (Lipinski definition) is 0. The van der Waals surface area contributed by atoms with Crippen LogP contribution in [0.25, 0.3) is 11.4 Å². The van der Waals surface area contributed by atoms with Crippen LogP contribution in [0.3, 0.4) is 0 Å². The first kappa shape index (κ1) is 13.8. The largest absolute Gasteiger partial charge is 0.454 e. The number of thioether (sulfide) groups is 1. The van der Waals surface area contributed by atoms with Gasteiger partial charge in [0.25, 0.3) is 0 Å². The molecule has 0 unspecified atom stereocenters. The number of nitrogens with zero attached hydrogens (tertiary/aromatic N) is 5. The van der Waals surface area contributed by atoms with Crippen molar-refractivity contribution in [3.8, 4) is 22.9 Å². The van der Waals surface area contributed by atoms with E-state index in [0.717, 1.165) is 16.5 Å². The van der Waals surface area contributed by atoms with Crippen LogP contribution in [0.15, 0.2) is 34.2 Å². The van der Waals surface area contributed by atoms with E-state index < -0.39 is 0 Å². The van der Waals surface area contributed by atoms with E-state index in [4.69, 9.17) is 14.0 Å². The average Bonchev–Trinajstić information content (AvgIpc) is 3.05. The van der Waals surface area contributed by atoms with Gasteiger partial charge in [-0.2, -0.15) is 4.98 Å². The summed E-state index contributed by atoms with van der Waals surface area (Å²) in [4.78, 5) is 4.44. The molecule has 2 aliphatic rings. The summed E-state index contributed by atoms with van der Waals surface area (Å²) in [5, 5.41) is 13.1. The highest BCUT2D eigenvalue weighted by molar-refractivity contribution is 7.98. The zero-order chi connectivity index (χ0) is 15.9. The number of hydrogen-bond acceptors (Lipinski definition) is 8. The smallest absolute Gasteiger partial charge is 0.237 e. The highest BCUT2D eigenvalue weighted by Crippen LogP contribution is 2.38. The Balaban J connectivity index is 1.31. The highest BCUT2D eigenvalue weighted by Gasteiger charge is 2.26. The quantitative estimate of drug-likeness (QED) is 0.653. The molecule has 3 aromatic rings. The minimum atomic E-state index is 0.245. The average molecular weight is 343 g/mol. The Morgan fingerprint density at radius 2 is 2.12 bits per heavy atom. The first-order chi connectivity index (χ1) is 11.9. The number of benzene rings is 1. The number of rotatable bonds is 5. The lowest BCUT2D eigenvalue weighted by atomic mass is 10.2. The van der Waals surface area contributed by atoms with Crippen molar-refractivity contribution >= 4 is 11.8 Å². The fraction of sp³-hybridized carbons (Fsp3) is 0.333. The molecule has 0 spiro atoms. The molecule has 0 atom stereocenters. The summed E-state index contributed by atoms with van der Waals surface area (Å²) in [6.45, 7) is 0.245. The van der Waals surface area contributed by atoms with Gasteiger partial charge in [-0.25, -0.2) is 0 Å². The number of aromatic nitrogens is 5. The Morgan fingerprint density at radius 3 is 3.04 bits per heavy atom. The Hall–Kier alpha value is -2.55. The molecule has 3 heterocycles. The highest BCUT2D eigenvalue weighted by atomic mass is 32.2. The van der Waals surface area contributed by atoms with Gasteiger partial charge in [0, 0.05) is 11.6 Å². The molecule has 8 nitrogen and oxygen atoms in total. The molecule has 0 N–H and O–H groups in total. The predicted molar refractivity (Wildman–Crippen MR) is 83.7 cm³/mol. The van der Waals surface area contributed by atoms with Crippen molar-refractivity contribution in [2.24, 2.45) is 0 Å². The lowest BCUT2D eigenvalue weighted by Crippen LogP contribution is -1.94. The van der Waals surface area contributed by atoms with Crippen molar-refractivity contribution in [3.05, 3.63) is 30.4 Å². The number of ether oxygens (including phenoxy) is 2. The van der Waals surface area contributed by atoms with Crippen LogP contribution in [0.5, 0.6) is 11.5 Å². The van der Waals surface area contributed by atoms with Crippen LogP contribution in [-0.2, 0) is 5.75 Å². The van der Waals surface area contributed by atoms with Crippen LogP contribution in [-0.4, -0.2) is 31.7 Å². The predicted octanol–water partition coefficient (Wildman–Crippen LogP) is 2.68. The van der Waals surface area contributed by atoms with Crippen LogP contribution < -0.4 is 9.47 Å². The lowest BCUT2D eigenvalue weighted by molar-refractivity contribution is 0.174. The van der Waals surface area contributed by atoms with Crippen molar-refractivity contribution in [1.29, 1.82) is 0 Å². The van der Waals surface area contributed by atoms with Crippen LogP contribution in [0, 0.1) is 0 Å². The van der Waals surface area contributed by atoms with Gasteiger partial charge < -0.3 is 18.6 Å². The van der Waals surface area contributed by atoms with Crippen LogP contribution in [0.1, 0.15) is 24.8 Å². The molecule has 24 heavy (non-hydrogen) atoms. The van der Waals surface area contributed by atoms with E-state index in [0.29, 0.717) is 29.3 Å². The van der Waals surface area contributed by atoms with Gasteiger partial charge in [-0.3, -0.25) is 0 Å². The Labute approximate surface area is 141 Å². The Bertz CT molecular complexity index is 889. The van der Waals surface area contributed by atoms with Crippen molar-refractivity contribution in [1.82, 2.24) is 24.9 Å². The standard InChI is InChI=1S/C15H13N5O3S/c1-4-11-12(22-8-21-11)5-9(1)14-17-13(23-19-14)6-24-15-18-16-7-20(15)10-2-3-10/h1,4-5,7,10H,2-3,6,8H2. The molecule has 1 aromatic carbocycles. The topological polar surface area (TPSA) is 88.1 Å². The maximum absolute atomic E-state index is 5.37. The monoisotopic (exact) mass is 343 g/mol. The van der Waals surface area contributed by atoms with Gasteiger partial charge in [0.1, 0.15) is 6.33 Å². The van der Waals surface area contributed by atoms with E-state index >= 15 is 0 Å². The van der Waals surface area contributed by atoms with Crippen molar-refractivity contribution < 1.29 is 14.0 Å². The summed E-state index contributed by atoms with van der Waals surface area (Å²) in [6.07, 6.45) is 4.17. The maximum atomic E-state index is 5.37. The number of fused-ring (bicyclic) bond motifs is 1. The molecule has 1 fully saturated rings. The normalized spacial score (nSPS) is 15.8. The minimum Gasteiger partial charge on any atom is -0.454 e. The molecule has 0 bridgehead atoms. The van der Waals surface area contributed by atoms with Crippen LogP contribution >= 0.6 is 11.8 Å². The van der Waals surface area contributed by atoms with Gasteiger partial charge in [0.05, 0.1) is 5.75 Å². The molecule has 0 saturated heterocycles. The summed E-state index contributed by atoms with van der Waals surface area (Å²) in [5.41, 5.74) is 0.834. The molecule has 122 valence electrons. The third kappa shape index (κ3) is 2.50. The third-order valence-electron chi connectivity index (χ3n) is 3.90.